The van der Waals surface area contributed by atoms with Gasteiger partial charge in [0.25, 0.3) is 0 Å². The van der Waals surface area contributed by atoms with E-state index in [1.54, 1.807) is 6.07 Å². The van der Waals surface area contributed by atoms with Crippen molar-refractivity contribution in [2.24, 2.45) is 0 Å². The lowest BCUT2D eigenvalue weighted by Crippen LogP contribution is -2.10. The minimum absolute atomic E-state index is 0.00961. The molecule has 0 aliphatic rings. The summed E-state index contributed by atoms with van der Waals surface area (Å²) < 4.78 is 25.1. The molecule has 0 heterocycles. The highest BCUT2D eigenvalue weighted by molar-refractivity contribution is 7.95. The first-order valence-electron chi connectivity index (χ1n) is 7.37. The van der Waals surface area contributed by atoms with Gasteiger partial charge in [0.05, 0.1) is 4.90 Å². The largest absolute Gasteiger partial charge is 0.218 e. The molecule has 0 fully saturated rings. The Morgan fingerprint density at radius 2 is 1.58 bits per heavy atom. The molecule has 24 heavy (non-hydrogen) atoms. The van der Waals surface area contributed by atoms with E-state index in [1.165, 1.54) is 30.3 Å². The summed E-state index contributed by atoms with van der Waals surface area (Å²) in [5.74, 6) is 0. The SMILES string of the molecule is CC(C)(C)c1ccc(/C=C(\C#N)S(=O)(=O)c2ccc(Cl)cc2)cc1. The molecule has 0 amide bonds. The van der Waals surface area contributed by atoms with Gasteiger partial charge in [-0.3, -0.25) is 0 Å². The summed E-state index contributed by atoms with van der Waals surface area (Å²) >= 11 is 5.78. The van der Waals surface area contributed by atoms with Crippen LogP contribution in [0.3, 0.4) is 0 Å². The first-order chi connectivity index (χ1) is 11.1. The molecule has 0 N–H and O–H groups in total. The molecule has 0 saturated heterocycles. The number of benzene rings is 2. The van der Waals surface area contributed by atoms with Crippen LogP contribution in [0.25, 0.3) is 6.08 Å². The van der Waals surface area contributed by atoms with Crippen LogP contribution in [0.1, 0.15) is 31.9 Å². The lowest BCUT2D eigenvalue weighted by atomic mass is 9.87. The molecule has 0 aliphatic heterocycles. The molecule has 124 valence electrons. The third-order valence-corrected chi connectivity index (χ3v) is 5.53. The van der Waals surface area contributed by atoms with E-state index in [9.17, 15) is 13.7 Å². The fraction of sp³-hybridized carbons (Fsp3) is 0.211. The number of hydrogen-bond acceptors (Lipinski definition) is 3. The Kier molecular flexibility index (Phi) is 5.17. The highest BCUT2D eigenvalue weighted by Gasteiger charge is 2.21. The molecule has 0 aromatic heterocycles. The molecule has 2 rings (SSSR count). The molecule has 0 aliphatic carbocycles. The summed E-state index contributed by atoms with van der Waals surface area (Å²) in [6, 6.07) is 15.1. The van der Waals surface area contributed by atoms with E-state index >= 15 is 0 Å². The number of nitriles is 1. The monoisotopic (exact) mass is 359 g/mol. The maximum atomic E-state index is 12.6. The maximum absolute atomic E-state index is 12.6. The van der Waals surface area contributed by atoms with Crippen LogP contribution in [-0.2, 0) is 15.3 Å². The van der Waals surface area contributed by atoms with Crippen LogP contribution in [0.15, 0.2) is 58.3 Å². The highest BCUT2D eigenvalue weighted by Crippen LogP contribution is 2.25. The molecule has 0 saturated carbocycles. The predicted octanol–water partition coefficient (Wildman–Crippen LogP) is 4.98. The molecule has 0 spiro atoms. The third kappa shape index (κ3) is 4.05. The van der Waals surface area contributed by atoms with Gasteiger partial charge in [-0.25, -0.2) is 8.42 Å². The van der Waals surface area contributed by atoms with Gasteiger partial charge in [-0.05, 0) is 46.9 Å². The Labute approximate surface area is 148 Å². The van der Waals surface area contributed by atoms with E-state index < -0.39 is 9.84 Å². The van der Waals surface area contributed by atoms with Gasteiger partial charge >= 0.3 is 0 Å². The summed E-state index contributed by atoms with van der Waals surface area (Å²) in [6.45, 7) is 6.30. The first kappa shape index (κ1) is 18.3. The number of halogens is 1. The quantitative estimate of drug-likeness (QED) is 0.726. The zero-order chi connectivity index (χ0) is 18.0. The van der Waals surface area contributed by atoms with Crippen molar-refractivity contribution in [3.63, 3.8) is 0 Å². The van der Waals surface area contributed by atoms with E-state index in [4.69, 9.17) is 11.6 Å². The molecule has 0 bridgehead atoms. The molecule has 0 atom stereocenters. The first-order valence-corrected chi connectivity index (χ1v) is 9.24. The molecule has 2 aromatic carbocycles. The average Bonchev–Trinajstić information content (AvgIpc) is 2.52. The van der Waals surface area contributed by atoms with Gasteiger partial charge in [-0.2, -0.15) is 5.26 Å². The fourth-order valence-electron chi connectivity index (χ4n) is 2.14. The van der Waals surface area contributed by atoms with Crippen molar-refractivity contribution in [2.75, 3.05) is 0 Å². The Morgan fingerprint density at radius 3 is 2.04 bits per heavy atom. The van der Waals surface area contributed by atoms with E-state index in [2.05, 4.69) is 20.8 Å². The second-order valence-electron chi connectivity index (χ2n) is 6.45. The Morgan fingerprint density at radius 1 is 1.04 bits per heavy atom. The van der Waals surface area contributed by atoms with Gasteiger partial charge < -0.3 is 0 Å². The van der Waals surface area contributed by atoms with Crippen molar-refractivity contribution in [3.8, 4) is 6.07 Å². The van der Waals surface area contributed by atoms with Crippen LogP contribution in [0.5, 0.6) is 0 Å². The van der Waals surface area contributed by atoms with Gasteiger partial charge in [0.1, 0.15) is 11.0 Å². The molecule has 0 radical (unpaired) electrons. The Hall–Kier alpha value is -2.09. The molecule has 2 aromatic rings. The second-order valence-corrected chi connectivity index (χ2v) is 8.80. The topological polar surface area (TPSA) is 57.9 Å². The highest BCUT2D eigenvalue weighted by atomic mass is 35.5. The van der Waals surface area contributed by atoms with Crippen LogP contribution >= 0.6 is 11.6 Å². The van der Waals surface area contributed by atoms with Gasteiger partial charge in [0.2, 0.25) is 9.84 Å². The Balaban J connectivity index is 2.42. The van der Waals surface area contributed by atoms with Gasteiger partial charge in [0, 0.05) is 5.02 Å². The van der Waals surface area contributed by atoms with Crippen LogP contribution < -0.4 is 0 Å². The zero-order valence-corrected chi connectivity index (χ0v) is 15.3. The lowest BCUT2D eigenvalue weighted by molar-refractivity contribution is 0.590. The number of sulfone groups is 1. The zero-order valence-electron chi connectivity index (χ0n) is 13.7. The third-order valence-electron chi connectivity index (χ3n) is 3.60. The van der Waals surface area contributed by atoms with Crippen LogP contribution in [0, 0.1) is 11.3 Å². The number of rotatable bonds is 3. The van der Waals surface area contributed by atoms with Gasteiger partial charge in [-0.15, -0.1) is 0 Å². The van der Waals surface area contributed by atoms with Crippen LogP contribution in [-0.4, -0.2) is 8.42 Å². The van der Waals surface area contributed by atoms with Crippen LogP contribution in [0.4, 0.5) is 0 Å². The van der Waals surface area contributed by atoms with E-state index in [-0.39, 0.29) is 15.2 Å². The average molecular weight is 360 g/mol. The molecule has 5 heteroatoms. The molecule has 3 nitrogen and oxygen atoms in total. The molecular weight excluding hydrogens is 342 g/mol. The fourth-order valence-corrected chi connectivity index (χ4v) is 3.43. The van der Waals surface area contributed by atoms with E-state index in [1.807, 2.05) is 24.3 Å². The van der Waals surface area contributed by atoms with E-state index in [0.717, 1.165) is 5.56 Å². The van der Waals surface area contributed by atoms with Crippen molar-refractivity contribution in [2.45, 2.75) is 31.1 Å². The predicted molar refractivity (Wildman–Crippen MR) is 97.4 cm³/mol. The van der Waals surface area contributed by atoms with Crippen molar-refractivity contribution >= 4 is 27.5 Å². The maximum Gasteiger partial charge on any atom is 0.216 e. The second kappa shape index (κ2) is 6.80. The van der Waals surface area contributed by atoms with Crippen molar-refractivity contribution < 1.29 is 8.42 Å². The van der Waals surface area contributed by atoms with Gasteiger partial charge in [0.15, 0.2) is 0 Å². The summed E-state index contributed by atoms with van der Waals surface area (Å²) in [5, 5.41) is 9.74. The van der Waals surface area contributed by atoms with Crippen molar-refractivity contribution in [3.05, 3.63) is 69.6 Å². The van der Waals surface area contributed by atoms with Crippen molar-refractivity contribution in [1.82, 2.24) is 0 Å². The summed E-state index contributed by atoms with van der Waals surface area (Å²) in [5.41, 5.74) is 1.81. The van der Waals surface area contributed by atoms with Gasteiger partial charge in [-0.1, -0.05) is 56.6 Å². The molecular formula is C19H18ClNO2S. The smallest absolute Gasteiger partial charge is 0.216 e. The minimum atomic E-state index is -3.86. The Bertz CT molecular complexity index is 898. The number of allylic oxidation sites excluding steroid dienone is 1. The standard InChI is InChI=1S/C19H18ClNO2S/c1-19(2,3)15-6-4-14(5-7-15)12-18(13-21)24(22,23)17-10-8-16(20)9-11-17/h4-12H,1-3H3/b18-12+. The summed E-state index contributed by atoms with van der Waals surface area (Å²) in [7, 11) is -3.86. The van der Waals surface area contributed by atoms with E-state index in [0.29, 0.717) is 10.6 Å². The number of hydrogen-bond donors (Lipinski definition) is 0. The van der Waals surface area contributed by atoms with Crippen molar-refractivity contribution in [1.29, 1.82) is 5.26 Å². The summed E-state index contributed by atoms with van der Waals surface area (Å²) in [4.78, 5) is -0.251. The minimum Gasteiger partial charge on any atom is -0.218 e. The molecule has 0 unspecified atom stereocenters. The lowest BCUT2D eigenvalue weighted by Gasteiger charge is -2.18. The summed E-state index contributed by atoms with van der Waals surface area (Å²) in [6.07, 6.45) is 1.39. The normalized spacial score (nSPS) is 12.7. The van der Waals surface area contributed by atoms with Crippen LogP contribution in [0.2, 0.25) is 5.02 Å². The number of nitrogens with zero attached hydrogens (tertiary/aromatic N) is 1.